The highest BCUT2D eigenvalue weighted by Crippen LogP contribution is 2.35. The molecule has 1 aliphatic carbocycles. The van der Waals surface area contributed by atoms with Gasteiger partial charge in [0, 0.05) is 5.56 Å². The van der Waals surface area contributed by atoms with Crippen molar-refractivity contribution >= 4 is 5.97 Å². The highest BCUT2D eigenvalue weighted by atomic mass is 16.4. The van der Waals surface area contributed by atoms with Crippen LogP contribution in [-0.2, 0) is 6.42 Å². The molecule has 4 nitrogen and oxygen atoms in total. The first-order chi connectivity index (χ1) is 8.74. The number of carbonyl (C=O) groups is 1. The largest absolute Gasteiger partial charge is 0.478 e. The molecule has 1 aromatic heterocycles. The summed E-state index contributed by atoms with van der Waals surface area (Å²) in [5, 5.41) is 8.85. The van der Waals surface area contributed by atoms with Crippen LogP contribution < -0.4 is 0 Å². The SMILES string of the molecule is O=C(O)c1ccc(-c2ocnc2CC2CC2)cc1. The number of hydrogen-bond acceptors (Lipinski definition) is 3. The number of carboxylic acids is 1. The van der Waals surface area contributed by atoms with Crippen LogP contribution >= 0.6 is 0 Å². The summed E-state index contributed by atoms with van der Waals surface area (Å²) in [5.41, 5.74) is 2.13. The summed E-state index contributed by atoms with van der Waals surface area (Å²) >= 11 is 0. The van der Waals surface area contributed by atoms with Gasteiger partial charge in [0.25, 0.3) is 0 Å². The maximum absolute atomic E-state index is 10.8. The molecule has 1 saturated carbocycles. The van der Waals surface area contributed by atoms with Crippen molar-refractivity contribution in [1.29, 1.82) is 0 Å². The maximum Gasteiger partial charge on any atom is 0.335 e. The van der Waals surface area contributed by atoms with Gasteiger partial charge in [0.2, 0.25) is 0 Å². The third-order valence-electron chi connectivity index (χ3n) is 3.21. The zero-order chi connectivity index (χ0) is 12.5. The molecule has 92 valence electrons. The molecule has 1 aliphatic rings. The number of carboxylic acid groups (broad SMARTS) is 1. The van der Waals surface area contributed by atoms with E-state index >= 15 is 0 Å². The minimum Gasteiger partial charge on any atom is -0.478 e. The first-order valence-electron chi connectivity index (χ1n) is 6.00. The lowest BCUT2D eigenvalue weighted by molar-refractivity contribution is 0.0697. The van der Waals surface area contributed by atoms with E-state index in [0.717, 1.165) is 29.4 Å². The Balaban J connectivity index is 1.89. The van der Waals surface area contributed by atoms with Crippen molar-refractivity contribution in [3.63, 3.8) is 0 Å². The minimum absolute atomic E-state index is 0.280. The Labute approximate surface area is 104 Å². The summed E-state index contributed by atoms with van der Waals surface area (Å²) in [6.45, 7) is 0. The van der Waals surface area contributed by atoms with Crippen molar-refractivity contribution in [3.05, 3.63) is 41.9 Å². The molecule has 4 heteroatoms. The summed E-state index contributed by atoms with van der Waals surface area (Å²) in [6.07, 6.45) is 4.94. The van der Waals surface area contributed by atoms with Crippen LogP contribution in [0.3, 0.4) is 0 Å². The zero-order valence-corrected chi connectivity index (χ0v) is 9.80. The average Bonchev–Trinajstić information content (AvgIpc) is 3.06. The molecule has 0 bridgehead atoms. The van der Waals surface area contributed by atoms with Gasteiger partial charge in [-0.3, -0.25) is 0 Å². The predicted octanol–water partition coefficient (Wildman–Crippen LogP) is 2.99. The van der Waals surface area contributed by atoms with E-state index in [1.165, 1.54) is 19.2 Å². The van der Waals surface area contributed by atoms with Crippen LogP contribution in [0.1, 0.15) is 28.9 Å². The molecule has 0 atom stereocenters. The second-order valence-corrected chi connectivity index (χ2v) is 4.66. The lowest BCUT2D eigenvalue weighted by Gasteiger charge is -2.01. The second kappa shape index (κ2) is 4.29. The maximum atomic E-state index is 10.8. The van der Waals surface area contributed by atoms with Crippen LogP contribution in [0.25, 0.3) is 11.3 Å². The Hall–Kier alpha value is -2.10. The van der Waals surface area contributed by atoms with Gasteiger partial charge in [-0.2, -0.15) is 0 Å². The molecule has 1 N–H and O–H groups in total. The Morgan fingerprint density at radius 3 is 2.67 bits per heavy atom. The van der Waals surface area contributed by atoms with Gasteiger partial charge in [-0.25, -0.2) is 9.78 Å². The van der Waals surface area contributed by atoms with Crippen molar-refractivity contribution in [1.82, 2.24) is 4.98 Å². The van der Waals surface area contributed by atoms with Crippen molar-refractivity contribution < 1.29 is 14.3 Å². The Morgan fingerprint density at radius 1 is 1.33 bits per heavy atom. The minimum atomic E-state index is -0.919. The molecule has 0 spiro atoms. The zero-order valence-electron chi connectivity index (χ0n) is 9.80. The second-order valence-electron chi connectivity index (χ2n) is 4.66. The number of nitrogens with zero attached hydrogens (tertiary/aromatic N) is 1. The standard InChI is InChI=1S/C14H13NO3/c16-14(17)11-5-3-10(4-6-11)13-12(15-8-18-13)7-9-1-2-9/h3-6,8-9H,1-2,7H2,(H,16,17). The fourth-order valence-corrected chi connectivity index (χ4v) is 2.01. The molecule has 3 rings (SSSR count). The summed E-state index contributed by atoms with van der Waals surface area (Å²) in [6, 6.07) is 6.70. The molecule has 0 radical (unpaired) electrons. The Kier molecular flexibility index (Phi) is 2.63. The highest BCUT2D eigenvalue weighted by Gasteiger charge is 2.25. The summed E-state index contributed by atoms with van der Waals surface area (Å²) in [7, 11) is 0. The van der Waals surface area contributed by atoms with Gasteiger partial charge in [-0.15, -0.1) is 0 Å². The third kappa shape index (κ3) is 2.14. The monoisotopic (exact) mass is 243 g/mol. The van der Waals surface area contributed by atoms with Crippen LogP contribution in [0.15, 0.2) is 35.1 Å². The van der Waals surface area contributed by atoms with Crippen molar-refractivity contribution in [2.24, 2.45) is 5.92 Å². The van der Waals surface area contributed by atoms with Crippen molar-refractivity contribution in [2.75, 3.05) is 0 Å². The molecule has 1 heterocycles. The van der Waals surface area contributed by atoms with E-state index in [9.17, 15) is 4.79 Å². The normalized spacial score (nSPS) is 14.7. The number of aromatic carboxylic acids is 1. The van der Waals surface area contributed by atoms with Crippen LogP contribution in [0.2, 0.25) is 0 Å². The van der Waals surface area contributed by atoms with E-state index in [2.05, 4.69) is 4.98 Å². The average molecular weight is 243 g/mol. The summed E-state index contributed by atoms with van der Waals surface area (Å²) < 4.78 is 5.42. The number of oxazole rings is 1. The molecule has 1 fully saturated rings. The van der Waals surface area contributed by atoms with Crippen molar-refractivity contribution in [3.8, 4) is 11.3 Å². The summed E-state index contributed by atoms with van der Waals surface area (Å²) in [4.78, 5) is 15.0. The van der Waals surface area contributed by atoms with Gasteiger partial charge >= 0.3 is 5.97 Å². The van der Waals surface area contributed by atoms with Crippen LogP contribution in [0, 0.1) is 5.92 Å². The number of aromatic nitrogens is 1. The molecule has 2 aromatic rings. The summed E-state index contributed by atoms with van der Waals surface area (Å²) in [5.74, 6) is 0.586. The number of rotatable bonds is 4. The number of hydrogen-bond donors (Lipinski definition) is 1. The molecule has 1 aromatic carbocycles. The van der Waals surface area contributed by atoms with Gasteiger partial charge < -0.3 is 9.52 Å². The fourth-order valence-electron chi connectivity index (χ4n) is 2.01. The molecular weight excluding hydrogens is 230 g/mol. The van der Waals surface area contributed by atoms with Gasteiger partial charge in [0.1, 0.15) is 0 Å². The first-order valence-corrected chi connectivity index (χ1v) is 6.00. The molecule has 0 amide bonds. The van der Waals surface area contributed by atoms with Gasteiger partial charge in [-0.05, 0) is 37.3 Å². The van der Waals surface area contributed by atoms with E-state index in [1.54, 1.807) is 24.3 Å². The first kappa shape index (κ1) is 11.0. The van der Waals surface area contributed by atoms with Crippen LogP contribution in [0.4, 0.5) is 0 Å². The lowest BCUT2D eigenvalue weighted by Crippen LogP contribution is -1.95. The highest BCUT2D eigenvalue weighted by molar-refractivity contribution is 5.88. The van der Waals surface area contributed by atoms with E-state index in [4.69, 9.17) is 9.52 Å². The third-order valence-corrected chi connectivity index (χ3v) is 3.21. The Morgan fingerprint density at radius 2 is 2.06 bits per heavy atom. The number of benzene rings is 1. The van der Waals surface area contributed by atoms with Gasteiger partial charge in [0.15, 0.2) is 12.2 Å². The van der Waals surface area contributed by atoms with E-state index < -0.39 is 5.97 Å². The van der Waals surface area contributed by atoms with E-state index in [-0.39, 0.29) is 5.56 Å². The van der Waals surface area contributed by atoms with Gasteiger partial charge in [-0.1, -0.05) is 12.1 Å². The molecule has 0 saturated heterocycles. The van der Waals surface area contributed by atoms with E-state index in [0.29, 0.717) is 0 Å². The molecule has 0 aliphatic heterocycles. The van der Waals surface area contributed by atoms with Gasteiger partial charge in [0.05, 0.1) is 11.3 Å². The lowest BCUT2D eigenvalue weighted by atomic mass is 10.1. The smallest absolute Gasteiger partial charge is 0.335 e. The quantitative estimate of drug-likeness (QED) is 0.896. The molecular formula is C14H13NO3. The molecule has 18 heavy (non-hydrogen) atoms. The Bertz CT molecular complexity index is 567. The fraction of sp³-hybridized carbons (Fsp3) is 0.286. The van der Waals surface area contributed by atoms with Crippen molar-refractivity contribution in [2.45, 2.75) is 19.3 Å². The van der Waals surface area contributed by atoms with Crippen LogP contribution in [-0.4, -0.2) is 16.1 Å². The molecule has 0 unspecified atom stereocenters. The predicted molar refractivity (Wildman–Crippen MR) is 65.3 cm³/mol. The van der Waals surface area contributed by atoms with Crippen LogP contribution in [0.5, 0.6) is 0 Å². The topological polar surface area (TPSA) is 63.3 Å². The van der Waals surface area contributed by atoms with E-state index in [1.807, 2.05) is 0 Å².